The van der Waals surface area contributed by atoms with E-state index in [-0.39, 0.29) is 16.0 Å². The van der Waals surface area contributed by atoms with Gasteiger partial charge in [0.15, 0.2) is 0 Å². The van der Waals surface area contributed by atoms with Gasteiger partial charge in [-0.2, -0.15) is 4.31 Å². The van der Waals surface area contributed by atoms with Gasteiger partial charge in [0.1, 0.15) is 6.54 Å². The van der Waals surface area contributed by atoms with Crippen LogP contribution in [-0.2, 0) is 14.8 Å². The van der Waals surface area contributed by atoms with Crippen LogP contribution in [0.1, 0.15) is 40.0 Å². The lowest BCUT2D eigenvalue weighted by Gasteiger charge is -2.25. The molecule has 156 valence electrons. The Balaban J connectivity index is 1.41. The van der Waals surface area contributed by atoms with Gasteiger partial charge in [-0.15, -0.1) is 0 Å². The summed E-state index contributed by atoms with van der Waals surface area (Å²) in [6, 6.07) is 12.3. The maximum atomic E-state index is 12.7. The molecule has 4 rings (SSSR count). The first-order valence-corrected chi connectivity index (χ1v) is 11.2. The molecule has 3 amide bonds. The summed E-state index contributed by atoms with van der Waals surface area (Å²) < 4.78 is 26.9. The van der Waals surface area contributed by atoms with E-state index in [9.17, 15) is 22.8 Å². The largest absolute Gasteiger partial charge is 0.325 e. The van der Waals surface area contributed by atoms with Gasteiger partial charge in [0.2, 0.25) is 15.9 Å². The van der Waals surface area contributed by atoms with Crippen LogP contribution < -0.4 is 5.32 Å². The highest BCUT2D eigenvalue weighted by atomic mass is 32.2. The Morgan fingerprint density at radius 2 is 1.43 bits per heavy atom. The average molecular weight is 427 g/mol. The quantitative estimate of drug-likeness (QED) is 0.736. The molecule has 0 spiro atoms. The molecule has 8 nitrogen and oxygen atoms in total. The molecule has 9 heteroatoms. The number of benzene rings is 2. The Morgan fingerprint density at radius 3 is 2.00 bits per heavy atom. The van der Waals surface area contributed by atoms with Crippen molar-refractivity contribution in [2.24, 2.45) is 0 Å². The zero-order valence-electron chi connectivity index (χ0n) is 16.2. The predicted octanol–water partition coefficient (Wildman–Crippen LogP) is 2.10. The number of imide groups is 1. The van der Waals surface area contributed by atoms with E-state index < -0.39 is 34.3 Å². The van der Waals surface area contributed by atoms with Crippen molar-refractivity contribution in [3.63, 3.8) is 0 Å². The van der Waals surface area contributed by atoms with Crippen LogP contribution in [0.25, 0.3) is 0 Å². The van der Waals surface area contributed by atoms with E-state index in [4.69, 9.17) is 0 Å². The third-order valence-corrected chi connectivity index (χ3v) is 7.18. The number of fused-ring (bicyclic) bond motifs is 1. The first kappa shape index (κ1) is 20.2. The normalized spacial score (nSPS) is 17.1. The number of nitrogens with zero attached hydrogens (tertiary/aromatic N) is 2. The standard InChI is InChI=1S/C21H21N3O5S/c25-19(14-24-20(26)17-6-2-3-7-18(17)21(24)27)22-15-8-10-16(11-9-15)30(28,29)23-12-4-1-5-13-23/h2-3,6-11H,1,4-5,12-14H2,(H,22,25). The number of hydrogen-bond donors (Lipinski definition) is 1. The minimum Gasteiger partial charge on any atom is -0.325 e. The molecule has 2 aromatic rings. The Bertz CT molecular complexity index is 1070. The lowest BCUT2D eigenvalue weighted by molar-refractivity contribution is -0.116. The molecule has 0 bridgehead atoms. The SMILES string of the molecule is O=C(CN1C(=O)c2ccccc2C1=O)Nc1ccc(S(=O)(=O)N2CCCCC2)cc1. The molecule has 0 aliphatic carbocycles. The third-order valence-electron chi connectivity index (χ3n) is 5.27. The summed E-state index contributed by atoms with van der Waals surface area (Å²) in [5.41, 5.74) is 0.944. The fourth-order valence-corrected chi connectivity index (χ4v) is 5.21. The first-order valence-electron chi connectivity index (χ1n) is 9.73. The summed E-state index contributed by atoms with van der Waals surface area (Å²) >= 11 is 0. The summed E-state index contributed by atoms with van der Waals surface area (Å²) in [6.45, 7) is 0.613. The second-order valence-corrected chi connectivity index (χ2v) is 9.22. The van der Waals surface area contributed by atoms with Crippen LogP contribution in [0.2, 0.25) is 0 Å². The molecule has 1 N–H and O–H groups in total. The molecule has 0 radical (unpaired) electrons. The number of amides is 3. The second-order valence-electron chi connectivity index (χ2n) is 7.28. The van der Waals surface area contributed by atoms with Crippen molar-refractivity contribution in [3.8, 4) is 0 Å². The number of piperidine rings is 1. The Kier molecular flexibility index (Phi) is 5.40. The van der Waals surface area contributed by atoms with Gasteiger partial charge in [0.05, 0.1) is 16.0 Å². The van der Waals surface area contributed by atoms with Crippen molar-refractivity contribution in [2.45, 2.75) is 24.2 Å². The summed E-state index contributed by atoms with van der Waals surface area (Å²) in [7, 11) is -3.55. The lowest BCUT2D eigenvalue weighted by atomic mass is 10.1. The van der Waals surface area contributed by atoms with Crippen molar-refractivity contribution in [1.29, 1.82) is 0 Å². The summed E-state index contributed by atoms with van der Waals surface area (Å²) in [5, 5.41) is 2.60. The van der Waals surface area contributed by atoms with Crippen LogP contribution in [-0.4, -0.2) is 55.0 Å². The molecule has 0 saturated carbocycles. The Labute approximate surface area is 174 Å². The van der Waals surface area contributed by atoms with Crippen LogP contribution in [0.4, 0.5) is 5.69 Å². The van der Waals surface area contributed by atoms with Gasteiger partial charge in [0.25, 0.3) is 11.8 Å². The van der Waals surface area contributed by atoms with Crippen molar-refractivity contribution in [2.75, 3.05) is 25.0 Å². The summed E-state index contributed by atoms with van der Waals surface area (Å²) in [4.78, 5) is 38.1. The molecule has 2 heterocycles. The van der Waals surface area contributed by atoms with E-state index in [1.165, 1.54) is 28.6 Å². The molecule has 0 aromatic heterocycles. The maximum absolute atomic E-state index is 12.7. The van der Waals surface area contributed by atoms with Crippen LogP contribution in [0.5, 0.6) is 0 Å². The van der Waals surface area contributed by atoms with E-state index in [2.05, 4.69) is 5.32 Å². The monoisotopic (exact) mass is 427 g/mol. The highest BCUT2D eigenvalue weighted by molar-refractivity contribution is 7.89. The fraction of sp³-hybridized carbons (Fsp3) is 0.286. The van der Waals surface area contributed by atoms with Crippen molar-refractivity contribution in [3.05, 3.63) is 59.7 Å². The number of sulfonamides is 1. The highest BCUT2D eigenvalue weighted by Gasteiger charge is 2.36. The van der Waals surface area contributed by atoms with E-state index in [1.807, 2.05) is 0 Å². The van der Waals surface area contributed by atoms with Crippen LogP contribution in [0, 0.1) is 0 Å². The van der Waals surface area contributed by atoms with E-state index in [0.29, 0.717) is 18.8 Å². The van der Waals surface area contributed by atoms with Crippen molar-refractivity contribution < 1.29 is 22.8 Å². The van der Waals surface area contributed by atoms with E-state index >= 15 is 0 Å². The van der Waals surface area contributed by atoms with Gasteiger partial charge < -0.3 is 5.32 Å². The number of rotatable bonds is 5. The molecule has 30 heavy (non-hydrogen) atoms. The number of hydrogen-bond acceptors (Lipinski definition) is 5. The number of carbonyl (C=O) groups excluding carboxylic acids is 3. The number of anilines is 1. The van der Waals surface area contributed by atoms with Gasteiger partial charge in [0, 0.05) is 18.8 Å². The number of carbonyl (C=O) groups is 3. The first-order chi connectivity index (χ1) is 14.4. The van der Waals surface area contributed by atoms with Crippen LogP contribution in [0.3, 0.4) is 0 Å². The van der Waals surface area contributed by atoms with E-state index in [0.717, 1.165) is 24.2 Å². The number of nitrogens with one attached hydrogen (secondary N) is 1. The Morgan fingerprint density at radius 1 is 0.867 bits per heavy atom. The minimum atomic E-state index is -3.55. The lowest BCUT2D eigenvalue weighted by Crippen LogP contribution is -2.37. The zero-order chi connectivity index (χ0) is 21.3. The van der Waals surface area contributed by atoms with Gasteiger partial charge in [-0.1, -0.05) is 18.6 Å². The Hall–Kier alpha value is -3.04. The minimum absolute atomic E-state index is 0.169. The smallest absolute Gasteiger partial charge is 0.262 e. The third kappa shape index (κ3) is 3.73. The van der Waals surface area contributed by atoms with Crippen molar-refractivity contribution in [1.82, 2.24) is 9.21 Å². The molecular formula is C21H21N3O5S. The van der Waals surface area contributed by atoms with Crippen LogP contribution in [0.15, 0.2) is 53.4 Å². The van der Waals surface area contributed by atoms with E-state index in [1.54, 1.807) is 24.3 Å². The van der Waals surface area contributed by atoms with Crippen molar-refractivity contribution >= 4 is 33.4 Å². The highest BCUT2D eigenvalue weighted by Crippen LogP contribution is 2.23. The van der Waals surface area contributed by atoms with Gasteiger partial charge in [-0.25, -0.2) is 8.42 Å². The van der Waals surface area contributed by atoms with Gasteiger partial charge in [-0.3, -0.25) is 19.3 Å². The molecule has 0 unspecified atom stereocenters. The van der Waals surface area contributed by atoms with Gasteiger partial charge >= 0.3 is 0 Å². The zero-order valence-corrected chi connectivity index (χ0v) is 17.0. The molecule has 2 aromatic carbocycles. The molecule has 1 saturated heterocycles. The van der Waals surface area contributed by atoms with Crippen LogP contribution >= 0.6 is 0 Å². The fourth-order valence-electron chi connectivity index (χ4n) is 3.69. The predicted molar refractivity (Wildman–Crippen MR) is 109 cm³/mol. The maximum Gasteiger partial charge on any atom is 0.262 e. The molecule has 1 fully saturated rings. The summed E-state index contributed by atoms with van der Waals surface area (Å²) in [5.74, 6) is -1.56. The molecule has 2 aliphatic rings. The summed E-state index contributed by atoms with van der Waals surface area (Å²) in [6.07, 6.45) is 2.74. The molecule has 2 aliphatic heterocycles. The molecule has 0 atom stereocenters. The van der Waals surface area contributed by atoms with Gasteiger partial charge in [-0.05, 0) is 49.2 Å². The molecular weight excluding hydrogens is 406 g/mol. The second kappa shape index (κ2) is 8.00. The topological polar surface area (TPSA) is 104 Å². The average Bonchev–Trinajstić information content (AvgIpc) is 3.00.